The van der Waals surface area contributed by atoms with Crippen molar-refractivity contribution in [2.75, 3.05) is 0 Å². The van der Waals surface area contributed by atoms with E-state index in [1.54, 1.807) is 0 Å². The van der Waals surface area contributed by atoms with Crippen LogP contribution in [0.1, 0.15) is 96.4 Å². The maximum absolute atomic E-state index is 4.80. The molecule has 1 aromatic rings. The van der Waals surface area contributed by atoms with Gasteiger partial charge in [-0.2, -0.15) is 0 Å². The summed E-state index contributed by atoms with van der Waals surface area (Å²) in [5.74, 6) is 0. The molecule has 0 heterocycles. The van der Waals surface area contributed by atoms with Crippen LogP contribution in [0.15, 0.2) is 77.5 Å². The Morgan fingerprint density at radius 1 is 1.00 bits per heavy atom. The predicted molar refractivity (Wildman–Crippen MR) is 155 cm³/mol. The zero-order valence-electron chi connectivity index (χ0n) is 23.7. The lowest BCUT2D eigenvalue weighted by Crippen LogP contribution is -2.52. The fourth-order valence-corrected chi connectivity index (χ4v) is 8.32. The second kappa shape index (κ2) is 8.36. The minimum atomic E-state index is -0.0968. The van der Waals surface area contributed by atoms with Gasteiger partial charge in [-0.15, -0.1) is 0 Å². The summed E-state index contributed by atoms with van der Waals surface area (Å²) in [4.78, 5) is 0. The van der Waals surface area contributed by atoms with Gasteiger partial charge in [0.1, 0.15) is 0 Å². The van der Waals surface area contributed by atoms with Crippen LogP contribution < -0.4 is 0 Å². The molecular formula is C35H46. The van der Waals surface area contributed by atoms with E-state index in [2.05, 4.69) is 80.7 Å². The quantitative estimate of drug-likeness (QED) is 0.379. The highest BCUT2D eigenvalue weighted by molar-refractivity contribution is 5.87. The van der Waals surface area contributed by atoms with E-state index >= 15 is 0 Å². The Morgan fingerprint density at radius 3 is 2.26 bits per heavy atom. The number of hydrogen-bond donors (Lipinski definition) is 0. The minimum Gasteiger partial charge on any atom is -0.0999 e. The number of aryl methyl sites for hydroxylation is 2. The van der Waals surface area contributed by atoms with Gasteiger partial charge < -0.3 is 0 Å². The van der Waals surface area contributed by atoms with Crippen molar-refractivity contribution in [3.8, 4) is 0 Å². The summed E-state index contributed by atoms with van der Waals surface area (Å²) >= 11 is 0. The van der Waals surface area contributed by atoms with Crippen LogP contribution in [-0.4, -0.2) is 0 Å². The Labute approximate surface area is 215 Å². The number of rotatable bonds is 5. The molecular weight excluding hydrogens is 420 g/mol. The molecule has 0 unspecified atom stereocenters. The largest absolute Gasteiger partial charge is 0.0999 e. The van der Waals surface area contributed by atoms with Crippen LogP contribution in [0, 0.1) is 23.2 Å². The first-order valence-corrected chi connectivity index (χ1v) is 13.5. The van der Waals surface area contributed by atoms with Crippen molar-refractivity contribution in [3.63, 3.8) is 0 Å². The molecule has 3 atom stereocenters. The van der Waals surface area contributed by atoms with Crippen LogP contribution in [0.5, 0.6) is 0 Å². The standard InChI is InChI=1S/C35H46/c1-13-22(4)14-16-28-17-15-23(5)31-25(7)32-27(9)35(12)26(8)30(21(2)3)24(6)18-34(35,11)20-33(32,10)19-29(28)31/h15,17H,2,4,7-8,13-14,16,18-20H2,1,3,5-6,9-12H3/t33-,34+,35-/m1/s1. The van der Waals surface area contributed by atoms with E-state index in [9.17, 15) is 0 Å². The van der Waals surface area contributed by atoms with Gasteiger partial charge in [-0.05, 0) is 122 Å². The van der Waals surface area contributed by atoms with Crippen molar-refractivity contribution < 1.29 is 0 Å². The van der Waals surface area contributed by atoms with Gasteiger partial charge in [0.15, 0.2) is 0 Å². The lowest BCUT2D eigenvalue weighted by atomic mass is 9.41. The molecule has 0 N–H and O–H groups in total. The summed E-state index contributed by atoms with van der Waals surface area (Å²) < 4.78 is 0. The Kier molecular flexibility index (Phi) is 6.15. The maximum atomic E-state index is 4.80. The van der Waals surface area contributed by atoms with E-state index in [0.29, 0.717) is 0 Å². The van der Waals surface area contributed by atoms with Gasteiger partial charge in [0.2, 0.25) is 0 Å². The zero-order chi connectivity index (χ0) is 26.1. The molecule has 0 aromatic heterocycles. The lowest BCUT2D eigenvalue weighted by molar-refractivity contribution is 0.0543. The van der Waals surface area contributed by atoms with Gasteiger partial charge in [0.25, 0.3) is 0 Å². The highest BCUT2D eigenvalue weighted by Gasteiger charge is 2.59. The first kappa shape index (κ1) is 25.7. The minimum absolute atomic E-state index is 0.0774. The van der Waals surface area contributed by atoms with Crippen LogP contribution in [-0.2, 0) is 12.8 Å². The molecule has 0 nitrogen and oxygen atoms in total. The van der Waals surface area contributed by atoms with E-state index in [0.717, 1.165) is 44.1 Å². The molecule has 1 aromatic carbocycles. The summed E-state index contributed by atoms with van der Waals surface area (Å²) in [5.41, 5.74) is 16.6. The number of hydrogen-bond acceptors (Lipinski definition) is 0. The molecule has 0 saturated heterocycles. The van der Waals surface area contributed by atoms with E-state index in [1.807, 2.05) is 0 Å². The molecule has 0 amide bonds. The summed E-state index contributed by atoms with van der Waals surface area (Å²) in [6.07, 6.45) is 6.55. The molecule has 3 aliphatic rings. The molecule has 4 rings (SSSR count). The van der Waals surface area contributed by atoms with E-state index in [1.165, 1.54) is 61.3 Å². The van der Waals surface area contributed by atoms with E-state index < -0.39 is 0 Å². The maximum Gasteiger partial charge on any atom is 0.0194 e. The third-order valence-electron chi connectivity index (χ3n) is 10.2. The highest BCUT2D eigenvalue weighted by atomic mass is 14.6. The summed E-state index contributed by atoms with van der Waals surface area (Å²) in [5, 5.41) is 0. The fraction of sp³-hybridized carbons (Fsp3) is 0.486. The number of allylic oxidation sites excluding steroid dienone is 8. The van der Waals surface area contributed by atoms with Crippen LogP contribution in [0.3, 0.4) is 0 Å². The first-order chi connectivity index (χ1) is 16.2. The Hall–Kier alpha value is -2.34. The Bertz CT molecular complexity index is 1240. The number of fused-ring (bicyclic) bond motifs is 3. The van der Waals surface area contributed by atoms with Crippen molar-refractivity contribution in [1.29, 1.82) is 0 Å². The second-order valence-electron chi connectivity index (χ2n) is 12.7. The van der Waals surface area contributed by atoms with Gasteiger partial charge in [-0.3, -0.25) is 0 Å². The van der Waals surface area contributed by atoms with Crippen molar-refractivity contribution in [3.05, 3.63) is 99.7 Å². The molecule has 186 valence electrons. The smallest absolute Gasteiger partial charge is 0.0194 e. The Balaban J connectivity index is 1.92. The van der Waals surface area contributed by atoms with Crippen molar-refractivity contribution in [1.82, 2.24) is 0 Å². The normalized spacial score (nSPS) is 30.2. The third-order valence-corrected chi connectivity index (χ3v) is 10.2. The topological polar surface area (TPSA) is 0 Å². The van der Waals surface area contributed by atoms with Gasteiger partial charge in [0.05, 0.1) is 0 Å². The zero-order valence-corrected chi connectivity index (χ0v) is 23.7. The molecule has 0 radical (unpaired) electrons. The second-order valence-corrected chi connectivity index (χ2v) is 12.7. The number of benzene rings is 1. The van der Waals surface area contributed by atoms with Gasteiger partial charge in [0, 0.05) is 5.41 Å². The molecule has 0 aliphatic heterocycles. The van der Waals surface area contributed by atoms with Crippen molar-refractivity contribution >= 4 is 5.57 Å². The average Bonchev–Trinajstić information content (AvgIpc) is 2.74. The van der Waals surface area contributed by atoms with E-state index in [4.69, 9.17) is 13.2 Å². The van der Waals surface area contributed by atoms with Crippen LogP contribution in [0.25, 0.3) is 5.57 Å². The van der Waals surface area contributed by atoms with Crippen LogP contribution in [0.2, 0.25) is 0 Å². The molecule has 0 heteroatoms. The van der Waals surface area contributed by atoms with Crippen molar-refractivity contribution in [2.45, 2.75) is 93.9 Å². The predicted octanol–water partition coefficient (Wildman–Crippen LogP) is 10.1. The van der Waals surface area contributed by atoms with Gasteiger partial charge in [-0.25, -0.2) is 0 Å². The molecule has 35 heavy (non-hydrogen) atoms. The Morgan fingerprint density at radius 2 is 1.66 bits per heavy atom. The summed E-state index contributed by atoms with van der Waals surface area (Å²) in [6.45, 7) is 36.9. The van der Waals surface area contributed by atoms with Gasteiger partial charge >= 0.3 is 0 Å². The van der Waals surface area contributed by atoms with Crippen LogP contribution in [0.4, 0.5) is 0 Å². The fourth-order valence-electron chi connectivity index (χ4n) is 8.32. The summed E-state index contributed by atoms with van der Waals surface area (Å²) in [7, 11) is 0. The van der Waals surface area contributed by atoms with Gasteiger partial charge in [-0.1, -0.05) is 88.4 Å². The van der Waals surface area contributed by atoms with Crippen molar-refractivity contribution in [2.24, 2.45) is 16.2 Å². The lowest BCUT2D eigenvalue weighted by Gasteiger charge is -2.62. The van der Waals surface area contributed by atoms with Crippen LogP contribution >= 0.6 is 0 Å². The molecule has 0 spiro atoms. The monoisotopic (exact) mass is 466 g/mol. The third kappa shape index (κ3) is 3.54. The SMILES string of the molecule is C=C(CC)CCc1ccc(C)c2c1C[C@]1(C)C[C@]3(C)CC(C)=C(C(=C)C)C(=C)[C@]3(C)C(C)=C1C2=C. The molecule has 0 saturated carbocycles. The molecule has 0 fully saturated rings. The van der Waals surface area contributed by atoms with E-state index in [-0.39, 0.29) is 16.2 Å². The average molecular weight is 467 g/mol. The molecule has 0 bridgehead atoms. The molecule has 3 aliphatic carbocycles. The highest BCUT2D eigenvalue weighted by Crippen LogP contribution is 2.70. The summed E-state index contributed by atoms with van der Waals surface area (Å²) in [6, 6.07) is 4.69. The first-order valence-electron chi connectivity index (χ1n) is 13.5.